The van der Waals surface area contributed by atoms with Crippen molar-refractivity contribution in [2.75, 3.05) is 18.8 Å². The molecule has 1 aromatic rings. The van der Waals surface area contributed by atoms with E-state index in [-0.39, 0.29) is 29.1 Å². The molecule has 1 heterocycles. The molecule has 0 aliphatic carbocycles. The Morgan fingerprint density at radius 3 is 2.90 bits per heavy atom. The number of nitrogens with zero attached hydrogens (tertiary/aromatic N) is 1. The van der Waals surface area contributed by atoms with E-state index in [1.807, 2.05) is 0 Å². The molecule has 0 aromatic heterocycles. The second kappa shape index (κ2) is 5.90. The van der Waals surface area contributed by atoms with Gasteiger partial charge in [-0.15, -0.1) is 0 Å². The van der Waals surface area contributed by atoms with E-state index in [4.69, 9.17) is 5.73 Å². The lowest BCUT2D eigenvalue weighted by Gasteiger charge is -2.33. The Morgan fingerprint density at radius 1 is 1.45 bits per heavy atom. The van der Waals surface area contributed by atoms with Crippen LogP contribution in [-0.2, 0) is 4.79 Å². The first-order valence-electron chi connectivity index (χ1n) is 6.59. The quantitative estimate of drug-likeness (QED) is 0.797. The first-order valence-corrected chi connectivity index (χ1v) is 6.59. The molecular formula is C14H18FN3O2. The summed E-state index contributed by atoms with van der Waals surface area (Å²) in [7, 11) is 0. The minimum Gasteiger partial charge on any atom is -0.398 e. The number of hydrogen-bond donors (Lipinski definition) is 2. The van der Waals surface area contributed by atoms with Crippen LogP contribution in [0.2, 0.25) is 0 Å². The maximum atomic E-state index is 13.2. The second-order valence-electron chi connectivity index (χ2n) is 5.02. The highest BCUT2D eigenvalue weighted by Crippen LogP contribution is 2.19. The summed E-state index contributed by atoms with van der Waals surface area (Å²) < 4.78 is 13.2. The maximum Gasteiger partial charge on any atom is 0.256 e. The number of likely N-dealkylation sites (tertiary alicyclic amines) is 1. The third kappa shape index (κ3) is 3.26. The number of rotatable bonds is 2. The van der Waals surface area contributed by atoms with E-state index in [0.29, 0.717) is 13.1 Å². The van der Waals surface area contributed by atoms with Gasteiger partial charge in [0.15, 0.2) is 0 Å². The van der Waals surface area contributed by atoms with Crippen molar-refractivity contribution in [3.05, 3.63) is 29.6 Å². The highest BCUT2D eigenvalue weighted by atomic mass is 19.1. The van der Waals surface area contributed by atoms with Gasteiger partial charge < -0.3 is 16.0 Å². The number of carbonyl (C=O) groups is 2. The number of halogens is 1. The van der Waals surface area contributed by atoms with Crippen molar-refractivity contribution in [1.29, 1.82) is 0 Å². The Kier molecular flexibility index (Phi) is 4.22. The summed E-state index contributed by atoms with van der Waals surface area (Å²) in [4.78, 5) is 25.1. The van der Waals surface area contributed by atoms with Gasteiger partial charge in [0.05, 0.1) is 5.56 Å². The minimum atomic E-state index is -0.488. The lowest BCUT2D eigenvalue weighted by Crippen LogP contribution is -2.49. The van der Waals surface area contributed by atoms with Crippen LogP contribution in [0.4, 0.5) is 10.1 Å². The van der Waals surface area contributed by atoms with Gasteiger partial charge in [-0.25, -0.2) is 4.39 Å². The van der Waals surface area contributed by atoms with Crippen LogP contribution in [0.1, 0.15) is 30.1 Å². The molecule has 1 aliphatic heterocycles. The fraction of sp³-hybridized carbons (Fsp3) is 0.429. The zero-order chi connectivity index (χ0) is 14.7. The summed E-state index contributed by atoms with van der Waals surface area (Å²) in [5.74, 6) is -0.899. The molecule has 108 valence electrons. The molecule has 20 heavy (non-hydrogen) atoms. The van der Waals surface area contributed by atoms with Crippen LogP contribution in [0.15, 0.2) is 18.2 Å². The summed E-state index contributed by atoms with van der Waals surface area (Å²) in [5.41, 5.74) is 6.17. The van der Waals surface area contributed by atoms with Crippen LogP contribution in [0.25, 0.3) is 0 Å². The molecule has 1 saturated heterocycles. The van der Waals surface area contributed by atoms with E-state index < -0.39 is 5.82 Å². The summed E-state index contributed by atoms with van der Waals surface area (Å²) in [6.45, 7) is 2.46. The largest absolute Gasteiger partial charge is 0.398 e. The summed E-state index contributed by atoms with van der Waals surface area (Å²) >= 11 is 0. The first-order chi connectivity index (χ1) is 9.47. The molecule has 3 N–H and O–H groups in total. The van der Waals surface area contributed by atoms with Crippen LogP contribution >= 0.6 is 0 Å². The van der Waals surface area contributed by atoms with E-state index in [1.165, 1.54) is 19.1 Å². The normalized spacial score (nSPS) is 18.7. The highest BCUT2D eigenvalue weighted by molar-refractivity contribution is 5.99. The standard InChI is InChI=1S/C14H18FN3O2/c1-9(19)17-11-3-2-6-18(8-11)14(20)12-7-10(15)4-5-13(12)16/h4-5,7,11H,2-3,6,8,16H2,1H3,(H,17,19). The smallest absolute Gasteiger partial charge is 0.256 e. The van der Waals surface area contributed by atoms with E-state index in [0.717, 1.165) is 18.9 Å². The third-order valence-corrected chi connectivity index (χ3v) is 3.36. The molecule has 6 heteroatoms. The second-order valence-corrected chi connectivity index (χ2v) is 5.02. The van der Waals surface area contributed by atoms with Crippen molar-refractivity contribution >= 4 is 17.5 Å². The van der Waals surface area contributed by atoms with Crippen LogP contribution in [0.5, 0.6) is 0 Å². The molecule has 0 bridgehead atoms. The third-order valence-electron chi connectivity index (χ3n) is 3.36. The number of carbonyl (C=O) groups excluding carboxylic acids is 2. The van der Waals surface area contributed by atoms with Crippen molar-refractivity contribution in [3.63, 3.8) is 0 Å². The molecule has 0 spiro atoms. The van der Waals surface area contributed by atoms with Crippen molar-refractivity contribution in [3.8, 4) is 0 Å². The van der Waals surface area contributed by atoms with Gasteiger partial charge in [0.25, 0.3) is 5.91 Å². The molecule has 2 rings (SSSR count). The van der Waals surface area contributed by atoms with E-state index in [2.05, 4.69) is 5.32 Å². The molecule has 1 aliphatic rings. The summed E-state index contributed by atoms with van der Waals surface area (Å²) in [6, 6.07) is 3.71. The van der Waals surface area contributed by atoms with Crippen molar-refractivity contribution in [2.24, 2.45) is 0 Å². The number of nitrogen functional groups attached to an aromatic ring is 1. The number of nitrogens with one attached hydrogen (secondary N) is 1. The number of benzene rings is 1. The minimum absolute atomic E-state index is 0.0556. The predicted octanol–water partition coefficient (Wildman–Crippen LogP) is 1.15. The molecule has 1 fully saturated rings. The first kappa shape index (κ1) is 14.3. The monoisotopic (exact) mass is 279 g/mol. The molecular weight excluding hydrogens is 261 g/mol. The number of piperidine rings is 1. The Hall–Kier alpha value is -2.11. The Balaban J connectivity index is 2.12. The number of anilines is 1. The van der Waals surface area contributed by atoms with Gasteiger partial charge in [-0.05, 0) is 31.0 Å². The SMILES string of the molecule is CC(=O)NC1CCCN(C(=O)c2cc(F)ccc2N)C1. The molecule has 0 radical (unpaired) electrons. The topological polar surface area (TPSA) is 75.4 Å². The maximum absolute atomic E-state index is 13.2. The Morgan fingerprint density at radius 2 is 2.20 bits per heavy atom. The number of amides is 2. The molecule has 2 amide bonds. The molecule has 1 unspecified atom stereocenters. The Labute approximate surface area is 116 Å². The summed E-state index contributed by atoms with van der Waals surface area (Å²) in [6.07, 6.45) is 1.63. The lowest BCUT2D eigenvalue weighted by atomic mass is 10.0. The average Bonchev–Trinajstić information content (AvgIpc) is 2.40. The van der Waals surface area contributed by atoms with Gasteiger partial charge in [-0.3, -0.25) is 9.59 Å². The fourth-order valence-corrected chi connectivity index (χ4v) is 2.45. The molecule has 5 nitrogen and oxygen atoms in total. The zero-order valence-electron chi connectivity index (χ0n) is 11.4. The van der Waals surface area contributed by atoms with Crippen LogP contribution < -0.4 is 11.1 Å². The van der Waals surface area contributed by atoms with Gasteiger partial charge in [0.1, 0.15) is 5.82 Å². The van der Waals surface area contributed by atoms with Crippen molar-refractivity contribution < 1.29 is 14.0 Å². The fourth-order valence-electron chi connectivity index (χ4n) is 2.45. The van der Waals surface area contributed by atoms with E-state index in [1.54, 1.807) is 4.90 Å². The van der Waals surface area contributed by atoms with Gasteiger partial charge >= 0.3 is 0 Å². The van der Waals surface area contributed by atoms with Crippen LogP contribution in [0.3, 0.4) is 0 Å². The number of hydrogen-bond acceptors (Lipinski definition) is 3. The van der Waals surface area contributed by atoms with E-state index in [9.17, 15) is 14.0 Å². The zero-order valence-corrected chi connectivity index (χ0v) is 11.4. The van der Waals surface area contributed by atoms with Gasteiger partial charge in [0, 0.05) is 31.7 Å². The van der Waals surface area contributed by atoms with Crippen LogP contribution in [0, 0.1) is 5.82 Å². The van der Waals surface area contributed by atoms with E-state index >= 15 is 0 Å². The molecule has 1 aromatic carbocycles. The van der Waals surface area contributed by atoms with Crippen molar-refractivity contribution in [1.82, 2.24) is 10.2 Å². The molecule has 1 atom stereocenters. The Bertz CT molecular complexity index is 533. The lowest BCUT2D eigenvalue weighted by molar-refractivity contribution is -0.120. The van der Waals surface area contributed by atoms with Gasteiger partial charge in [-0.1, -0.05) is 0 Å². The van der Waals surface area contributed by atoms with Gasteiger partial charge in [0.2, 0.25) is 5.91 Å². The van der Waals surface area contributed by atoms with Crippen LogP contribution in [-0.4, -0.2) is 35.8 Å². The highest BCUT2D eigenvalue weighted by Gasteiger charge is 2.26. The average molecular weight is 279 g/mol. The summed E-state index contributed by atoms with van der Waals surface area (Å²) in [5, 5.41) is 2.81. The van der Waals surface area contributed by atoms with Gasteiger partial charge in [-0.2, -0.15) is 0 Å². The predicted molar refractivity (Wildman–Crippen MR) is 73.6 cm³/mol. The molecule has 0 saturated carbocycles. The number of nitrogens with two attached hydrogens (primary N) is 1. The van der Waals surface area contributed by atoms with Crippen molar-refractivity contribution in [2.45, 2.75) is 25.8 Å².